The van der Waals surface area contributed by atoms with Crippen molar-refractivity contribution >= 4 is 46.0 Å². The fraction of sp³-hybridized carbons (Fsp3) is 0.348. The van der Waals surface area contributed by atoms with Crippen molar-refractivity contribution in [3.05, 3.63) is 52.5 Å². The van der Waals surface area contributed by atoms with Crippen LogP contribution in [0.5, 0.6) is 11.5 Å². The topological polar surface area (TPSA) is 104 Å². The molecule has 2 amide bonds. The number of hydrogen-bond acceptors (Lipinski definition) is 8. The van der Waals surface area contributed by atoms with Gasteiger partial charge in [-0.05, 0) is 30.0 Å². The lowest BCUT2D eigenvalue weighted by Gasteiger charge is -2.29. The number of carbonyl (C=O) groups is 2. The highest BCUT2D eigenvalue weighted by Gasteiger charge is 2.41. The van der Waals surface area contributed by atoms with E-state index < -0.39 is 6.04 Å². The Bertz CT molecular complexity index is 1110. The van der Waals surface area contributed by atoms with E-state index in [1.165, 1.54) is 31.5 Å². The second kappa shape index (κ2) is 10.5. The number of amidine groups is 1. The summed E-state index contributed by atoms with van der Waals surface area (Å²) in [6.45, 7) is 2.11. The zero-order chi connectivity index (χ0) is 24.2. The zero-order valence-electron chi connectivity index (χ0n) is 19.1. The van der Waals surface area contributed by atoms with Crippen LogP contribution in [-0.4, -0.2) is 48.0 Å². The molecule has 1 saturated heterocycles. The van der Waals surface area contributed by atoms with E-state index in [0.29, 0.717) is 33.8 Å². The lowest BCUT2D eigenvalue weighted by atomic mass is 10.00. The second-order valence-corrected chi connectivity index (χ2v) is 9.14. The number of nitrogens with zero attached hydrogens (tertiary/aromatic N) is 2. The minimum absolute atomic E-state index is 0.0231. The molecule has 0 saturated carbocycles. The molecule has 0 bridgehead atoms. The van der Waals surface area contributed by atoms with Gasteiger partial charge in [0.1, 0.15) is 17.5 Å². The number of nitrogens with one attached hydrogen (secondary N) is 3. The molecule has 180 valence electrons. The molecule has 2 atom stereocenters. The monoisotopic (exact) mass is 503 g/mol. The minimum Gasteiger partial charge on any atom is -0.495 e. The number of ether oxygens (including phenoxy) is 2. The van der Waals surface area contributed by atoms with Gasteiger partial charge in [-0.1, -0.05) is 54.6 Å². The highest BCUT2D eigenvalue weighted by molar-refractivity contribution is 8.14. The first-order chi connectivity index (χ1) is 16.4. The molecule has 0 aliphatic carbocycles. The molecule has 2 aliphatic rings. The Balaban J connectivity index is 1.40. The molecule has 1 fully saturated rings. The molecule has 4 rings (SSSR count). The molecular weight excluding hydrogens is 478 g/mol. The Morgan fingerprint density at radius 1 is 1.24 bits per heavy atom. The Morgan fingerprint density at radius 3 is 2.65 bits per heavy atom. The van der Waals surface area contributed by atoms with E-state index in [1.807, 2.05) is 0 Å². The third kappa shape index (κ3) is 5.08. The Labute approximate surface area is 207 Å². The van der Waals surface area contributed by atoms with Crippen molar-refractivity contribution < 1.29 is 19.1 Å². The molecule has 0 aromatic heterocycles. The number of benzene rings is 2. The fourth-order valence-corrected chi connectivity index (χ4v) is 4.86. The summed E-state index contributed by atoms with van der Waals surface area (Å²) in [6.07, 6.45) is 1.57. The normalized spacial score (nSPS) is 19.2. The Hall–Kier alpha value is -2.95. The number of hydrazine groups is 1. The first-order valence-electron chi connectivity index (χ1n) is 10.8. The van der Waals surface area contributed by atoms with E-state index in [0.717, 1.165) is 12.0 Å². The fourth-order valence-electron chi connectivity index (χ4n) is 3.86. The molecule has 11 heteroatoms. The summed E-state index contributed by atoms with van der Waals surface area (Å²) in [6, 6.07) is 11.1. The van der Waals surface area contributed by atoms with E-state index in [2.05, 4.69) is 52.5 Å². The third-order valence-corrected chi connectivity index (χ3v) is 6.95. The summed E-state index contributed by atoms with van der Waals surface area (Å²) in [7, 11) is 3.00. The number of carbonyl (C=O) groups excluding carboxylic acids is 2. The van der Waals surface area contributed by atoms with E-state index in [9.17, 15) is 9.59 Å². The number of hydrazone groups is 1. The van der Waals surface area contributed by atoms with Crippen LogP contribution in [0.1, 0.15) is 30.5 Å². The van der Waals surface area contributed by atoms with Crippen LogP contribution in [0.25, 0.3) is 0 Å². The Morgan fingerprint density at radius 2 is 1.97 bits per heavy atom. The quantitative estimate of drug-likeness (QED) is 0.532. The lowest BCUT2D eigenvalue weighted by Crippen LogP contribution is -2.52. The number of amides is 2. The van der Waals surface area contributed by atoms with Crippen molar-refractivity contribution in [2.45, 2.75) is 31.8 Å². The minimum atomic E-state index is -0.403. The smallest absolute Gasteiger partial charge is 0.264 e. The molecular formula is C23H26ClN5O4S. The number of methoxy groups -OCH3 is 2. The summed E-state index contributed by atoms with van der Waals surface area (Å²) in [5.74, 6) is 0.504. The van der Waals surface area contributed by atoms with Gasteiger partial charge in [0.2, 0.25) is 5.91 Å². The molecule has 2 unspecified atom stereocenters. The molecule has 3 N–H and O–H groups in total. The van der Waals surface area contributed by atoms with Gasteiger partial charge in [-0.2, -0.15) is 0 Å². The number of thioether (sulfide) groups is 1. The molecule has 9 nitrogen and oxygen atoms in total. The standard InChI is InChI=1S/C23H26ClN5O4S/c1-4-13-5-7-14(8-6-13)16-10-18-22(31)26-27-23(29(18)28-16)34-12-21(30)25-17-9-15(24)19(32-2)11-20(17)33-3/h5-9,11,16,18,28H,4,10,12H2,1-3H3,(H,25,30)(H,26,31). The highest BCUT2D eigenvalue weighted by atomic mass is 35.5. The summed E-state index contributed by atoms with van der Waals surface area (Å²) >= 11 is 7.40. The number of aryl methyl sites for hydroxylation is 1. The van der Waals surface area contributed by atoms with Gasteiger partial charge in [-0.3, -0.25) is 14.6 Å². The van der Waals surface area contributed by atoms with Crippen LogP contribution in [0.2, 0.25) is 5.02 Å². The first kappa shape index (κ1) is 24.2. The molecule has 2 heterocycles. The molecule has 0 radical (unpaired) electrons. The van der Waals surface area contributed by atoms with E-state index in [-0.39, 0.29) is 23.6 Å². The van der Waals surface area contributed by atoms with Gasteiger partial charge in [0.05, 0.1) is 36.7 Å². The van der Waals surface area contributed by atoms with Crippen LogP contribution < -0.4 is 25.6 Å². The maximum absolute atomic E-state index is 12.6. The lowest BCUT2D eigenvalue weighted by molar-refractivity contribution is -0.125. The van der Waals surface area contributed by atoms with Crippen LogP contribution in [-0.2, 0) is 16.0 Å². The maximum atomic E-state index is 12.6. The summed E-state index contributed by atoms with van der Waals surface area (Å²) in [5.41, 5.74) is 8.74. The zero-order valence-corrected chi connectivity index (χ0v) is 20.6. The van der Waals surface area contributed by atoms with Gasteiger partial charge in [-0.25, -0.2) is 10.9 Å². The van der Waals surface area contributed by atoms with E-state index >= 15 is 0 Å². The summed E-state index contributed by atoms with van der Waals surface area (Å²) < 4.78 is 10.5. The summed E-state index contributed by atoms with van der Waals surface area (Å²) in [4.78, 5) is 25.1. The second-order valence-electron chi connectivity index (χ2n) is 7.79. The average molecular weight is 504 g/mol. The van der Waals surface area contributed by atoms with E-state index in [4.69, 9.17) is 21.1 Å². The Kier molecular flexibility index (Phi) is 7.50. The van der Waals surface area contributed by atoms with Gasteiger partial charge in [0, 0.05) is 6.07 Å². The van der Waals surface area contributed by atoms with Crippen molar-refractivity contribution in [1.29, 1.82) is 0 Å². The van der Waals surface area contributed by atoms with Gasteiger partial charge in [0.25, 0.3) is 5.91 Å². The van der Waals surface area contributed by atoms with Gasteiger partial charge in [-0.15, -0.1) is 5.10 Å². The molecule has 34 heavy (non-hydrogen) atoms. The van der Waals surface area contributed by atoms with Crippen molar-refractivity contribution in [2.75, 3.05) is 25.3 Å². The SMILES string of the molecule is CCc1ccc(C2CC3C(=O)NN=C(SCC(=O)Nc4cc(Cl)c(OC)cc4OC)N3N2)cc1. The first-order valence-corrected chi connectivity index (χ1v) is 12.2. The van der Waals surface area contributed by atoms with Gasteiger partial charge in [0.15, 0.2) is 5.17 Å². The number of halogens is 1. The van der Waals surface area contributed by atoms with E-state index in [1.54, 1.807) is 17.1 Å². The average Bonchev–Trinajstić information content (AvgIpc) is 3.30. The summed E-state index contributed by atoms with van der Waals surface area (Å²) in [5, 5.41) is 9.59. The molecule has 2 aromatic rings. The van der Waals surface area contributed by atoms with Crippen LogP contribution in [0, 0.1) is 0 Å². The number of anilines is 1. The maximum Gasteiger partial charge on any atom is 0.264 e. The van der Waals surface area contributed by atoms with Crippen molar-refractivity contribution in [3.63, 3.8) is 0 Å². The van der Waals surface area contributed by atoms with Crippen molar-refractivity contribution in [1.82, 2.24) is 15.9 Å². The van der Waals surface area contributed by atoms with Crippen molar-refractivity contribution in [3.8, 4) is 11.5 Å². The largest absolute Gasteiger partial charge is 0.495 e. The predicted molar refractivity (Wildman–Crippen MR) is 133 cm³/mol. The van der Waals surface area contributed by atoms with Crippen LogP contribution in [0.3, 0.4) is 0 Å². The van der Waals surface area contributed by atoms with Crippen LogP contribution >= 0.6 is 23.4 Å². The molecule has 0 spiro atoms. The third-order valence-electron chi connectivity index (χ3n) is 5.71. The van der Waals surface area contributed by atoms with Crippen LogP contribution in [0.4, 0.5) is 5.69 Å². The predicted octanol–water partition coefficient (Wildman–Crippen LogP) is 3.31. The van der Waals surface area contributed by atoms with Gasteiger partial charge < -0.3 is 14.8 Å². The highest BCUT2D eigenvalue weighted by Crippen LogP contribution is 2.36. The van der Waals surface area contributed by atoms with Crippen LogP contribution in [0.15, 0.2) is 41.5 Å². The molecule has 2 aliphatic heterocycles. The number of rotatable bonds is 7. The molecule has 2 aromatic carbocycles. The van der Waals surface area contributed by atoms with Crippen molar-refractivity contribution in [2.24, 2.45) is 5.10 Å². The number of fused-ring (bicyclic) bond motifs is 1. The number of hydrogen-bond donors (Lipinski definition) is 3. The van der Waals surface area contributed by atoms with Gasteiger partial charge >= 0.3 is 0 Å².